The van der Waals surface area contributed by atoms with Crippen molar-refractivity contribution < 1.29 is 14.8 Å². The largest absolute Gasteiger partial charge is 0.504 e. The molecule has 0 amide bonds. The van der Waals surface area contributed by atoms with Gasteiger partial charge < -0.3 is 9.84 Å². The molecule has 11 heteroatoms. The molecular formula is C17H14N6O5. The number of nitro groups is 1. The second-order valence-electron chi connectivity index (χ2n) is 5.43. The number of rotatable bonds is 6. The van der Waals surface area contributed by atoms with E-state index in [-0.39, 0.29) is 34.4 Å². The number of aromatic nitrogens is 3. The summed E-state index contributed by atoms with van der Waals surface area (Å²) < 4.78 is 4.85. The summed E-state index contributed by atoms with van der Waals surface area (Å²) in [5.41, 5.74) is 2.40. The van der Waals surface area contributed by atoms with Crippen LogP contribution in [-0.4, -0.2) is 38.5 Å². The molecule has 28 heavy (non-hydrogen) atoms. The Balaban J connectivity index is 1.82. The smallest absolute Gasteiger partial charge is 0.282 e. The fraction of sp³-hybridized carbons (Fsp3) is 0.0588. The molecule has 0 aliphatic carbocycles. The number of methoxy groups -OCH3 is 1. The fourth-order valence-electron chi connectivity index (χ4n) is 2.33. The maximum Gasteiger partial charge on any atom is 0.282 e. The molecule has 0 unspecified atom stereocenters. The van der Waals surface area contributed by atoms with Crippen molar-refractivity contribution in [3.8, 4) is 22.8 Å². The van der Waals surface area contributed by atoms with Crippen molar-refractivity contribution in [1.29, 1.82) is 0 Å². The van der Waals surface area contributed by atoms with Crippen LogP contribution in [0.4, 0.5) is 11.6 Å². The quantitative estimate of drug-likeness (QED) is 0.331. The Kier molecular flexibility index (Phi) is 5.25. The van der Waals surface area contributed by atoms with Crippen molar-refractivity contribution in [1.82, 2.24) is 15.2 Å². The highest BCUT2D eigenvalue weighted by molar-refractivity contribution is 5.87. The minimum absolute atomic E-state index is 0.0204. The van der Waals surface area contributed by atoms with Crippen LogP contribution in [-0.2, 0) is 0 Å². The van der Waals surface area contributed by atoms with Crippen LogP contribution in [0.25, 0.3) is 11.3 Å². The average molecular weight is 382 g/mol. The molecule has 0 radical (unpaired) electrons. The zero-order valence-corrected chi connectivity index (χ0v) is 14.5. The van der Waals surface area contributed by atoms with Crippen molar-refractivity contribution >= 4 is 17.9 Å². The monoisotopic (exact) mass is 382 g/mol. The van der Waals surface area contributed by atoms with Crippen LogP contribution < -0.4 is 15.7 Å². The number of aromatic hydroxyl groups is 1. The first-order valence-corrected chi connectivity index (χ1v) is 7.86. The predicted molar refractivity (Wildman–Crippen MR) is 101 cm³/mol. The number of hydrogen-bond acceptors (Lipinski definition) is 9. The molecule has 11 nitrogen and oxygen atoms in total. The van der Waals surface area contributed by atoms with E-state index in [1.54, 1.807) is 24.3 Å². The van der Waals surface area contributed by atoms with E-state index < -0.39 is 10.5 Å². The van der Waals surface area contributed by atoms with Crippen LogP contribution in [0.1, 0.15) is 5.56 Å². The number of nitrogens with one attached hydrogen (secondary N) is 2. The first kappa shape index (κ1) is 18.5. The first-order valence-electron chi connectivity index (χ1n) is 7.86. The van der Waals surface area contributed by atoms with Gasteiger partial charge in [0.1, 0.15) is 0 Å². The third-order valence-electron chi connectivity index (χ3n) is 3.64. The number of aromatic amines is 1. The van der Waals surface area contributed by atoms with Crippen molar-refractivity contribution in [2.75, 3.05) is 12.5 Å². The van der Waals surface area contributed by atoms with E-state index in [1.165, 1.54) is 7.11 Å². The van der Waals surface area contributed by atoms with E-state index in [4.69, 9.17) is 4.74 Å². The second kappa shape index (κ2) is 7.95. The molecule has 3 aromatic rings. The highest BCUT2D eigenvalue weighted by atomic mass is 16.6. The van der Waals surface area contributed by atoms with Crippen molar-refractivity contribution in [2.45, 2.75) is 0 Å². The van der Waals surface area contributed by atoms with E-state index in [0.717, 1.165) is 18.3 Å². The number of nitrogens with zero attached hydrogens (tertiary/aromatic N) is 4. The molecule has 1 aromatic heterocycles. The standard InChI is InChI=1S/C17H14N6O5/c1-28-14-8-12(23(26)27)11(7-13(14)24)9-18-21-17-19-16(25)15(20-22-17)10-5-3-2-4-6-10/h2-9,24H,1H3,(H2,19,21,22,25)/b18-9+. The lowest BCUT2D eigenvalue weighted by Crippen LogP contribution is -2.15. The van der Waals surface area contributed by atoms with Gasteiger partial charge in [-0.1, -0.05) is 30.3 Å². The maximum atomic E-state index is 12.1. The molecular weight excluding hydrogens is 368 g/mol. The lowest BCUT2D eigenvalue weighted by Gasteiger charge is -2.05. The molecule has 0 fully saturated rings. The fourth-order valence-corrected chi connectivity index (χ4v) is 2.33. The van der Waals surface area contributed by atoms with Crippen LogP contribution in [0.5, 0.6) is 11.5 Å². The van der Waals surface area contributed by atoms with Gasteiger partial charge in [-0.3, -0.25) is 19.9 Å². The zero-order chi connectivity index (χ0) is 20.1. The molecule has 0 atom stereocenters. The van der Waals surface area contributed by atoms with Crippen molar-refractivity contribution in [3.63, 3.8) is 0 Å². The number of phenolic OH excluding ortho intramolecular Hbond substituents is 1. The third-order valence-corrected chi connectivity index (χ3v) is 3.64. The SMILES string of the molecule is COc1cc([N+](=O)[O-])c(/C=N/Nc2nnc(-c3ccccc3)c(=O)[nH]2)cc1O. The van der Waals surface area contributed by atoms with Gasteiger partial charge in [0.05, 0.1) is 29.9 Å². The summed E-state index contributed by atoms with van der Waals surface area (Å²) in [4.78, 5) is 25.1. The molecule has 3 rings (SSSR count). The Morgan fingerprint density at radius 2 is 2.04 bits per heavy atom. The first-order chi connectivity index (χ1) is 13.5. The van der Waals surface area contributed by atoms with Crippen LogP contribution in [0.15, 0.2) is 52.4 Å². The number of hydrogen-bond donors (Lipinski definition) is 3. The Morgan fingerprint density at radius 1 is 1.29 bits per heavy atom. The third kappa shape index (κ3) is 3.93. The number of anilines is 1. The summed E-state index contributed by atoms with van der Waals surface area (Å²) in [7, 11) is 1.28. The normalized spacial score (nSPS) is 10.8. The number of ether oxygens (including phenoxy) is 1. The van der Waals surface area contributed by atoms with E-state index in [0.29, 0.717) is 5.56 Å². The Hall–Kier alpha value is -4.28. The van der Waals surface area contributed by atoms with Crippen LogP contribution in [0.3, 0.4) is 0 Å². The summed E-state index contributed by atoms with van der Waals surface area (Å²) in [5, 5.41) is 32.4. The summed E-state index contributed by atoms with van der Waals surface area (Å²) in [6, 6.07) is 11.0. The number of phenols is 1. The van der Waals surface area contributed by atoms with Crippen LogP contribution in [0.2, 0.25) is 0 Å². The maximum absolute atomic E-state index is 12.1. The summed E-state index contributed by atoms with van der Waals surface area (Å²) in [6.45, 7) is 0. The van der Waals surface area contributed by atoms with Gasteiger partial charge in [-0.2, -0.15) is 5.10 Å². The molecule has 3 N–H and O–H groups in total. The van der Waals surface area contributed by atoms with Gasteiger partial charge >= 0.3 is 0 Å². The lowest BCUT2D eigenvalue weighted by atomic mass is 10.1. The highest BCUT2D eigenvalue weighted by Crippen LogP contribution is 2.32. The molecule has 2 aromatic carbocycles. The molecule has 1 heterocycles. The average Bonchev–Trinajstić information content (AvgIpc) is 2.68. The Morgan fingerprint density at radius 3 is 2.68 bits per heavy atom. The molecule has 142 valence electrons. The van der Waals surface area contributed by atoms with Crippen LogP contribution >= 0.6 is 0 Å². The number of nitro benzene ring substituents is 1. The van der Waals surface area contributed by atoms with Crippen molar-refractivity contribution in [2.24, 2.45) is 5.10 Å². The van der Waals surface area contributed by atoms with Gasteiger partial charge in [0.15, 0.2) is 17.2 Å². The Bertz CT molecular complexity index is 1100. The highest BCUT2D eigenvalue weighted by Gasteiger charge is 2.17. The van der Waals surface area contributed by atoms with E-state index >= 15 is 0 Å². The Labute approximate surface area is 157 Å². The number of H-pyrrole nitrogens is 1. The zero-order valence-electron chi connectivity index (χ0n) is 14.5. The minimum atomic E-state index is -0.639. The molecule has 0 bridgehead atoms. The molecule has 0 aliphatic heterocycles. The molecule has 0 spiro atoms. The van der Waals surface area contributed by atoms with Gasteiger partial charge in [-0.15, -0.1) is 10.2 Å². The minimum Gasteiger partial charge on any atom is -0.504 e. The van der Waals surface area contributed by atoms with Gasteiger partial charge in [-0.25, -0.2) is 5.43 Å². The van der Waals surface area contributed by atoms with E-state index in [9.17, 15) is 20.0 Å². The topological polar surface area (TPSA) is 156 Å². The molecule has 0 saturated carbocycles. The van der Waals surface area contributed by atoms with E-state index in [2.05, 4.69) is 25.7 Å². The number of benzene rings is 2. The van der Waals surface area contributed by atoms with Gasteiger partial charge in [0.2, 0.25) is 5.95 Å². The summed E-state index contributed by atoms with van der Waals surface area (Å²) >= 11 is 0. The molecule has 0 saturated heterocycles. The second-order valence-corrected chi connectivity index (χ2v) is 5.43. The summed E-state index contributed by atoms with van der Waals surface area (Å²) in [5.74, 6) is -0.375. The van der Waals surface area contributed by atoms with Crippen LogP contribution in [0, 0.1) is 10.1 Å². The number of hydrazone groups is 1. The van der Waals surface area contributed by atoms with Gasteiger partial charge in [-0.05, 0) is 6.07 Å². The lowest BCUT2D eigenvalue weighted by molar-refractivity contribution is -0.385. The van der Waals surface area contributed by atoms with Gasteiger partial charge in [0, 0.05) is 5.56 Å². The summed E-state index contributed by atoms with van der Waals surface area (Å²) in [6.07, 6.45) is 1.10. The molecule has 0 aliphatic rings. The van der Waals surface area contributed by atoms with Gasteiger partial charge in [0.25, 0.3) is 11.2 Å². The van der Waals surface area contributed by atoms with Crippen molar-refractivity contribution in [3.05, 3.63) is 68.5 Å². The predicted octanol–water partition coefficient (Wildman–Crippen LogP) is 1.90. The van der Waals surface area contributed by atoms with E-state index in [1.807, 2.05) is 6.07 Å².